The second-order valence-corrected chi connectivity index (χ2v) is 4.86. The maximum atomic E-state index is 2.50. The largest absolute Gasteiger partial charge is 0.306 e. The summed E-state index contributed by atoms with van der Waals surface area (Å²) in [6.45, 7) is 7.15. The van der Waals surface area contributed by atoms with Gasteiger partial charge in [0.1, 0.15) is 0 Å². The molecule has 0 saturated heterocycles. The number of nitrogens with zero attached hydrogens (tertiary/aromatic N) is 1. The number of unbranched alkanes of at least 4 members (excludes halogenated alkanes) is 1. The van der Waals surface area contributed by atoms with E-state index in [0.29, 0.717) is 0 Å². The minimum atomic E-state index is 0.799. The van der Waals surface area contributed by atoms with Crippen molar-refractivity contribution in [2.24, 2.45) is 11.8 Å². The van der Waals surface area contributed by atoms with Crippen molar-refractivity contribution in [2.75, 3.05) is 20.1 Å². The van der Waals surface area contributed by atoms with E-state index in [-0.39, 0.29) is 0 Å². The van der Waals surface area contributed by atoms with Crippen LogP contribution in [0.3, 0.4) is 0 Å². The standard InChI is InChI=1S/C13H25N/c1-4-5-9-14(3)11-13-8-6-7-12(2)10-13/h6-7,12-13H,4-5,8-11H2,1-3H3. The number of allylic oxidation sites excluding steroid dienone is 2. The number of hydrogen-bond acceptors (Lipinski definition) is 1. The molecule has 0 aliphatic heterocycles. The van der Waals surface area contributed by atoms with E-state index in [1.54, 1.807) is 0 Å². The van der Waals surface area contributed by atoms with Crippen LogP contribution in [-0.2, 0) is 0 Å². The van der Waals surface area contributed by atoms with Crippen LogP contribution in [0.5, 0.6) is 0 Å². The molecule has 0 radical (unpaired) electrons. The molecule has 0 heterocycles. The zero-order valence-electron chi connectivity index (χ0n) is 10.00. The zero-order valence-corrected chi connectivity index (χ0v) is 10.00. The second-order valence-electron chi connectivity index (χ2n) is 4.86. The highest BCUT2D eigenvalue weighted by atomic mass is 15.1. The van der Waals surface area contributed by atoms with E-state index >= 15 is 0 Å². The molecule has 0 aromatic heterocycles. The van der Waals surface area contributed by atoms with Crippen LogP contribution < -0.4 is 0 Å². The van der Waals surface area contributed by atoms with Gasteiger partial charge in [0, 0.05) is 6.54 Å². The van der Waals surface area contributed by atoms with Crippen molar-refractivity contribution >= 4 is 0 Å². The Labute approximate surface area is 89.2 Å². The van der Waals surface area contributed by atoms with Gasteiger partial charge in [-0.2, -0.15) is 0 Å². The van der Waals surface area contributed by atoms with Gasteiger partial charge in [-0.3, -0.25) is 0 Å². The molecule has 2 atom stereocenters. The minimum Gasteiger partial charge on any atom is -0.306 e. The molecule has 0 amide bonds. The highest BCUT2D eigenvalue weighted by Crippen LogP contribution is 2.23. The molecule has 1 heteroatoms. The Kier molecular flexibility index (Phi) is 5.24. The predicted molar refractivity (Wildman–Crippen MR) is 63.4 cm³/mol. The fourth-order valence-electron chi connectivity index (χ4n) is 2.31. The summed E-state index contributed by atoms with van der Waals surface area (Å²) in [7, 11) is 2.26. The van der Waals surface area contributed by atoms with Gasteiger partial charge in [-0.15, -0.1) is 0 Å². The average molecular weight is 195 g/mol. The van der Waals surface area contributed by atoms with Gasteiger partial charge in [0.2, 0.25) is 0 Å². The van der Waals surface area contributed by atoms with E-state index in [2.05, 4.69) is 37.9 Å². The van der Waals surface area contributed by atoms with Crippen molar-refractivity contribution in [3.63, 3.8) is 0 Å². The molecule has 0 N–H and O–H groups in total. The lowest BCUT2D eigenvalue weighted by Crippen LogP contribution is -2.28. The van der Waals surface area contributed by atoms with Gasteiger partial charge in [-0.25, -0.2) is 0 Å². The van der Waals surface area contributed by atoms with Crippen molar-refractivity contribution in [2.45, 2.75) is 39.5 Å². The summed E-state index contributed by atoms with van der Waals surface area (Å²) < 4.78 is 0. The molecule has 1 aliphatic rings. The first-order valence-corrected chi connectivity index (χ1v) is 6.07. The van der Waals surface area contributed by atoms with E-state index in [4.69, 9.17) is 0 Å². The lowest BCUT2D eigenvalue weighted by Gasteiger charge is -2.27. The van der Waals surface area contributed by atoms with E-state index in [1.165, 1.54) is 38.8 Å². The van der Waals surface area contributed by atoms with Crippen LogP contribution in [0.25, 0.3) is 0 Å². The molecule has 0 bridgehead atoms. The third kappa shape index (κ3) is 4.28. The Hall–Kier alpha value is -0.300. The highest BCUT2D eigenvalue weighted by molar-refractivity contribution is 4.94. The Balaban J connectivity index is 2.19. The van der Waals surface area contributed by atoms with Gasteiger partial charge in [0.15, 0.2) is 0 Å². The summed E-state index contributed by atoms with van der Waals surface area (Å²) in [6, 6.07) is 0. The Morgan fingerprint density at radius 2 is 2.21 bits per heavy atom. The van der Waals surface area contributed by atoms with Crippen LogP contribution in [0.15, 0.2) is 12.2 Å². The molecular formula is C13H25N. The van der Waals surface area contributed by atoms with Gasteiger partial charge >= 0.3 is 0 Å². The topological polar surface area (TPSA) is 3.24 Å². The van der Waals surface area contributed by atoms with Crippen molar-refractivity contribution in [3.8, 4) is 0 Å². The Morgan fingerprint density at radius 3 is 2.86 bits per heavy atom. The molecule has 0 fully saturated rings. The first kappa shape index (κ1) is 11.8. The predicted octanol–water partition coefficient (Wildman–Crippen LogP) is 3.32. The van der Waals surface area contributed by atoms with Gasteiger partial charge in [-0.05, 0) is 44.7 Å². The van der Waals surface area contributed by atoms with Crippen molar-refractivity contribution in [3.05, 3.63) is 12.2 Å². The normalized spacial score (nSPS) is 27.1. The van der Waals surface area contributed by atoms with E-state index in [1.807, 2.05) is 0 Å². The summed E-state index contributed by atoms with van der Waals surface area (Å²) in [5.41, 5.74) is 0. The summed E-state index contributed by atoms with van der Waals surface area (Å²) in [6.07, 6.45) is 10.1. The molecule has 0 saturated carbocycles. The van der Waals surface area contributed by atoms with Crippen molar-refractivity contribution in [1.82, 2.24) is 4.90 Å². The number of rotatable bonds is 5. The fraction of sp³-hybridized carbons (Fsp3) is 0.846. The van der Waals surface area contributed by atoms with Gasteiger partial charge in [0.25, 0.3) is 0 Å². The smallest absolute Gasteiger partial charge is 0.000978 e. The van der Waals surface area contributed by atoms with Crippen LogP contribution in [0.2, 0.25) is 0 Å². The maximum absolute atomic E-state index is 2.50. The SMILES string of the molecule is CCCCN(C)CC1CC=CC(C)C1. The van der Waals surface area contributed by atoms with Crippen LogP contribution >= 0.6 is 0 Å². The maximum Gasteiger partial charge on any atom is 0.000978 e. The zero-order chi connectivity index (χ0) is 10.4. The molecule has 0 spiro atoms. The molecular weight excluding hydrogens is 170 g/mol. The third-order valence-corrected chi connectivity index (χ3v) is 3.10. The van der Waals surface area contributed by atoms with Crippen molar-refractivity contribution in [1.29, 1.82) is 0 Å². The van der Waals surface area contributed by atoms with E-state index in [9.17, 15) is 0 Å². The van der Waals surface area contributed by atoms with E-state index in [0.717, 1.165) is 11.8 Å². The lowest BCUT2D eigenvalue weighted by molar-refractivity contribution is 0.249. The van der Waals surface area contributed by atoms with Crippen LogP contribution in [0.4, 0.5) is 0 Å². The monoisotopic (exact) mass is 195 g/mol. The molecule has 0 aromatic rings. The quantitative estimate of drug-likeness (QED) is 0.608. The molecule has 1 aliphatic carbocycles. The molecule has 1 rings (SSSR count). The summed E-state index contributed by atoms with van der Waals surface area (Å²) >= 11 is 0. The van der Waals surface area contributed by atoms with Crippen LogP contribution in [0, 0.1) is 11.8 Å². The van der Waals surface area contributed by atoms with Gasteiger partial charge in [0.05, 0.1) is 0 Å². The molecule has 14 heavy (non-hydrogen) atoms. The molecule has 2 unspecified atom stereocenters. The minimum absolute atomic E-state index is 0.799. The lowest BCUT2D eigenvalue weighted by atomic mass is 9.87. The summed E-state index contributed by atoms with van der Waals surface area (Å²) in [4.78, 5) is 2.50. The average Bonchev–Trinajstić information content (AvgIpc) is 2.15. The number of hydrogen-bond donors (Lipinski definition) is 0. The third-order valence-electron chi connectivity index (χ3n) is 3.10. The highest BCUT2D eigenvalue weighted by Gasteiger charge is 2.15. The van der Waals surface area contributed by atoms with E-state index < -0.39 is 0 Å². The summed E-state index contributed by atoms with van der Waals surface area (Å²) in [5, 5.41) is 0. The summed E-state index contributed by atoms with van der Waals surface area (Å²) in [5.74, 6) is 1.70. The van der Waals surface area contributed by atoms with Crippen LogP contribution in [-0.4, -0.2) is 25.0 Å². The van der Waals surface area contributed by atoms with Gasteiger partial charge < -0.3 is 4.90 Å². The second kappa shape index (κ2) is 6.23. The first-order valence-electron chi connectivity index (χ1n) is 6.07. The first-order chi connectivity index (χ1) is 6.72. The van der Waals surface area contributed by atoms with Gasteiger partial charge in [-0.1, -0.05) is 32.4 Å². The molecule has 82 valence electrons. The Morgan fingerprint density at radius 1 is 1.43 bits per heavy atom. The fourth-order valence-corrected chi connectivity index (χ4v) is 2.31. The van der Waals surface area contributed by atoms with Crippen LogP contribution in [0.1, 0.15) is 39.5 Å². The molecule has 0 aromatic carbocycles. The molecule has 1 nitrogen and oxygen atoms in total. The van der Waals surface area contributed by atoms with Crippen molar-refractivity contribution < 1.29 is 0 Å². The Bertz CT molecular complexity index is 174.